The Balaban J connectivity index is 2.38. The lowest BCUT2D eigenvalue weighted by Crippen LogP contribution is -2.38. The lowest BCUT2D eigenvalue weighted by Gasteiger charge is -2.19. The number of likely N-dealkylation sites (N-methyl/N-ethyl adjacent to an activating group) is 1. The van der Waals surface area contributed by atoms with Gasteiger partial charge in [0.05, 0.1) is 6.54 Å². The predicted molar refractivity (Wildman–Crippen MR) is 75.3 cm³/mol. The van der Waals surface area contributed by atoms with Crippen LogP contribution in [0.3, 0.4) is 0 Å². The van der Waals surface area contributed by atoms with Crippen LogP contribution in [0.15, 0.2) is 10.6 Å². The van der Waals surface area contributed by atoms with E-state index in [9.17, 15) is 9.59 Å². The summed E-state index contributed by atoms with van der Waals surface area (Å²) < 4.78 is 4.84. The van der Waals surface area contributed by atoms with Crippen molar-refractivity contribution in [3.8, 4) is 0 Å². The molecule has 0 aliphatic rings. The van der Waals surface area contributed by atoms with Gasteiger partial charge in [0, 0.05) is 25.6 Å². The fourth-order valence-electron chi connectivity index (χ4n) is 1.75. The quantitative estimate of drug-likeness (QED) is 0.771. The second kappa shape index (κ2) is 7.64. The maximum atomic E-state index is 11.9. The van der Waals surface area contributed by atoms with Crippen LogP contribution in [-0.2, 0) is 9.59 Å². The van der Waals surface area contributed by atoms with E-state index in [0.717, 1.165) is 6.54 Å². The van der Waals surface area contributed by atoms with Gasteiger partial charge in [-0.25, -0.2) is 0 Å². The Kier molecular flexibility index (Phi) is 6.17. The summed E-state index contributed by atoms with van der Waals surface area (Å²) in [4.78, 5) is 25.0. The van der Waals surface area contributed by atoms with Crippen LogP contribution >= 0.6 is 0 Å². The van der Waals surface area contributed by atoms with E-state index in [-0.39, 0.29) is 24.4 Å². The monoisotopic (exact) mass is 282 g/mol. The third-order valence-corrected chi connectivity index (χ3v) is 2.74. The van der Waals surface area contributed by atoms with Crippen molar-refractivity contribution in [2.24, 2.45) is 0 Å². The SMILES string of the molecule is CCNC(C)CC(=O)N(C)CC(=O)Nc1cc(C)on1. The van der Waals surface area contributed by atoms with Crippen LogP contribution in [0.5, 0.6) is 0 Å². The first-order valence-electron chi connectivity index (χ1n) is 6.62. The maximum Gasteiger partial charge on any atom is 0.245 e. The van der Waals surface area contributed by atoms with Crippen molar-refractivity contribution in [1.29, 1.82) is 0 Å². The first-order chi connectivity index (χ1) is 9.42. The van der Waals surface area contributed by atoms with Gasteiger partial charge in [0.2, 0.25) is 11.8 Å². The van der Waals surface area contributed by atoms with Gasteiger partial charge in [-0.2, -0.15) is 0 Å². The fraction of sp³-hybridized carbons (Fsp3) is 0.615. The molecule has 7 nitrogen and oxygen atoms in total. The highest BCUT2D eigenvalue weighted by Crippen LogP contribution is 2.06. The number of hydrogen-bond acceptors (Lipinski definition) is 5. The van der Waals surface area contributed by atoms with E-state index in [1.54, 1.807) is 20.0 Å². The van der Waals surface area contributed by atoms with Gasteiger partial charge in [-0.3, -0.25) is 9.59 Å². The zero-order valence-corrected chi connectivity index (χ0v) is 12.4. The fourth-order valence-corrected chi connectivity index (χ4v) is 1.75. The molecule has 0 fully saturated rings. The topological polar surface area (TPSA) is 87.5 Å². The van der Waals surface area contributed by atoms with Crippen molar-refractivity contribution in [2.75, 3.05) is 25.5 Å². The first-order valence-corrected chi connectivity index (χ1v) is 6.62. The summed E-state index contributed by atoms with van der Waals surface area (Å²) >= 11 is 0. The van der Waals surface area contributed by atoms with Gasteiger partial charge in [0.15, 0.2) is 5.82 Å². The van der Waals surface area contributed by atoms with Crippen molar-refractivity contribution in [3.63, 3.8) is 0 Å². The van der Waals surface area contributed by atoms with Crippen LogP contribution in [-0.4, -0.2) is 48.0 Å². The number of aryl methyl sites for hydroxylation is 1. The van der Waals surface area contributed by atoms with Gasteiger partial charge in [0.1, 0.15) is 5.76 Å². The molecule has 1 unspecified atom stereocenters. The third kappa shape index (κ3) is 5.40. The third-order valence-electron chi connectivity index (χ3n) is 2.74. The molecule has 0 bridgehead atoms. The van der Waals surface area contributed by atoms with Gasteiger partial charge < -0.3 is 20.1 Å². The Bertz CT molecular complexity index is 458. The molecule has 2 N–H and O–H groups in total. The Hall–Kier alpha value is -1.89. The van der Waals surface area contributed by atoms with Crippen LogP contribution in [0.25, 0.3) is 0 Å². The molecule has 112 valence electrons. The molecule has 0 saturated heterocycles. The van der Waals surface area contributed by atoms with E-state index in [1.807, 2.05) is 13.8 Å². The molecule has 1 aromatic heterocycles. The van der Waals surface area contributed by atoms with Gasteiger partial charge in [-0.05, 0) is 20.4 Å². The van der Waals surface area contributed by atoms with E-state index in [2.05, 4.69) is 15.8 Å². The van der Waals surface area contributed by atoms with Crippen LogP contribution in [0.1, 0.15) is 26.0 Å². The molecule has 0 aliphatic heterocycles. The number of rotatable bonds is 7. The van der Waals surface area contributed by atoms with Crippen LogP contribution < -0.4 is 10.6 Å². The van der Waals surface area contributed by atoms with Gasteiger partial charge in [-0.1, -0.05) is 12.1 Å². The molecular formula is C13H22N4O3. The molecule has 1 atom stereocenters. The lowest BCUT2D eigenvalue weighted by atomic mass is 10.2. The lowest BCUT2D eigenvalue weighted by molar-refractivity contribution is -0.133. The summed E-state index contributed by atoms with van der Waals surface area (Å²) in [7, 11) is 1.61. The summed E-state index contributed by atoms with van der Waals surface area (Å²) in [5, 5.41) is 9.39. The minimum absolute atomic E-state index is 0.0103. The van der Waals surface area contributed by atoms with Crippen molar-refractivity contribution < 1.29 is 14.1 Å². The first kappa shape index (κ1) is 16.2. The highest BCUT2D eigenvalue weighted by molar-refractivity contribution is 5.93. The Morgan fingerprint density at radius 2 is 2.20 bits per heavy atom. The van der Waals surface area contributed by atoms with E-state index < -0.39 is 0 Å². The minimum atomic E-state index is -0.301. The van der Waals surface area contributed by atoms with Gasteiger partial charge >= 0.3 is 0 Å². The molecule has 0 radical (unpaired) electrons. The molecule has 1 aromatic rings. The average Bonchev–Trinajstić information content (AvgIpc) is 2.74. The summed E-state index contributed by atoms with van der Waals surface area (Å²) in [5.41, 5.74) is 0. The molecule has 2 amide bonds. The minimum Gasteiger partial charge on any atom is -0.360 e. The van der Waals surface area contributed by atoms with Crippen molar-refractivity contribution >= 4 is 17.6 Å². The van der Waals surface area contributed by atoms with Crippen molar-refractivity contribution in [3.05, 3.63) is 11.8 Å². The summed E-state index contributed by atoms with van der Waals surface area (Å²) in [6.45, 7) is 6.46. The number of amides is 2. The molecule has 1 rings (SSSR count). The number of anilines is 1. The molecule has 7 heteroatoms. The van der Waals surface area contributed by atoms with E-state index in [0.29, 0.717) is 18.0 Å². The predicted octanol–water partition coefficient (Wildman–Crippen LogP) is 0.768. The summed E-state index contributed by atoms with van der Waals surface area (Å²) in [6, 6.07) is 1.71. The van der Waals surface area contributed by atoms with Crippen molar-refractivity contribution in [1.82, 2.24) is 15.4 Å². The Morgan fingerprint density at radius 1 is 1.50 bits per heavy atom. The highest BCUT2D eigenvalue weighted by atomic mass is 16.5. The number of nitrogens with one attached hydrogen (secondary N) is 2. The van der Waals surface area contributed by atoms with Crippen LogP contribution in [0.4, 0.5) is 5.82 Å². The number of hydrogen-bond donors (Lipinski definition) is 2. The number of carbonyl (C=O) groups excluding carboxylic acids is 2. The summed E-state index contributed by atoms with van der Waals surface area (Å²) in [6.07, 6.45) is 0.362. The molecule has 0 aliphatic carbocycles. The second-order valence-electron chi connectivity index (χ2n) is 4.78. The van der Waals surface area contributed by atoms with Crippen LogP contribution in [0.2, 0.25) is 0 Å². The standard InChI is InChI=1S/C13H22N4O3/c1-5-14-9(2)6-13(19)17(4)8-12(18)15-11-7-10(3)20-16-11/h7,9,14H,5-6,8H2,1-4H3,(H,15,16,18). The molecular weight excluding hydrogens is 260 g/mol. The van der Waals surface area contributed by atoms with Gasteiger partial charge in [-0.15, -0.1) is 0 Å². The average molecular weight is 282 g/mol. The number of aromatic nitrogens is 1. The normalized spacial score (nSPS) is 12.0. The Morgan fingerprint density at radius 3 is 2.75 bits per heavy atom. The molecule has 0 saturated carbocycles. The zero-order valence-electron chi connectivity index (χ0n) is 12.4. The largest absolute Gasteiger partial charge is 0.360 e. The second-order valence-corrected chi connectivity index (χ2v) is 4.78. The molecule has 1 heterocycles. The molecule has 20 heavy (non-hydrogen) atoms. The maximum absolute atomic E-state index is 11.9. The molecule has 0 spiro atoms. The smallest absolute Gasteiger partial charge is 0.245 e. The van der Waals surface area contributed by atoms with E-state index >= 15 is 0 Å². The zero-order chi connectivity index (χ0) is 15.1. The summed E-state index contributed by atoms with van der Waals surface area (Å²) in [5.74, 6) is 0.591. The van der Waals surface area contributed by atoms with Crippen molar-refractivity contribution in [2.45, 2.75) is 33.2 Å². The number of nitrogens with zero attached hydrogens (tertiary/aromatic N) is 2. The van der Waals surface area contributed by atoms with E-state index in [4.69, 9.17) is 4.52 Å². The van der Waals surface area contributed by atoms with Crippen LogP contribution in [0, 0.1) is 6.92 Å². The Labute approximate surface area is 118 Å². The van der Waals surface area contributed by atoms with E-state index in [1.165, 1.54) is 4.90 Å². The molecule has 0 aromatic carbocycles. The highest BCUT2D eigenvalue weighted by Gasteiger charge is 2.16. The number of carbonyl (C=O) groups is 2. The van der Waals surface area contributed by atoms with Gasteiger partial charge in [0.25, 0.3) is 0 Å².